The zero-order chi connectivity index (χ0) is 17.8. The van der Waals surface area contributed by atoms with E-state index in [1.54, 1.807) is 6.07 Å². The summed E-state index contributed by atoms with van der Waals surface area (Å²) in [6, 6.07) is 23.5. The maximum Gasteiger partial charge on any atom is 0.274 e. The zero-order valence-electron chi connectivity index (χ0n) is 13.9. The Balaban J connectivity index is 1.49. The minimum Gasteiger partial charge on any atom is -0.339 e. The molecule has 0 aliphatic carbocycles. The van der Waals surface area contributed by atoms with Crippen LogP contribution in [0.1, 0.15) is 16.1 Å². The Morgan fingerprint density at radius 2 is 1.65 bits per heavy atom. The van der Waals surface area contributed by atoms with Crippen LogP contribution in [0, 0.1) is 0 Å². The number of carbonyl (C=O) groups excluding carboxylic acids is 1. The first-order valence-corrected chi connectivity index (χ1v) is 9.00. The van der Waals surface area contributed by atoms with E-state index in [1.165, 1.54) is 11.3 Å². The Bertz CT molecular complexity index is 1010. The molecule has 0 spiro atoms. The van der Waals surface area contributed by atoms with Gasteiger partial charge in [0.25, 0.3) is 5.91 Å². The minimum absolute atomic E-state index is 0.193. The molecule has 0 aliphatic rings. The number of rotatable bonds is 5. The molecule has 1 amide bonds. The Labute approximate surface area is 155 Å². The predicted octanol–water partition coefficient (Wildman–Crippen LogP) is 4.31. The predicted molar refractivity (Wildman–Crippen MR) is 103 cm³/mol. The van der Waals surface area contributed by atoms with Gasteiger partial charge < -0.3 is 4.57 Å². The molecule has 26 heavy (non-hydrogen) atoms. The standard InChI is InChI=1S/C20H16N4OS/c25-18(17-12-7-13-24(17)14-15-8-3-1-4-9-15)21-20-23-22-19(26-20)16-10-5-2-6-11-16/h1-13H,14H2,(H,21,23,25). The van der Waals surface area contributed by atoms with Crippen molar-refractivity contribution in [1.82, 2.24) is 14.8 Å². The van der Waals surface area contributed by atoms with E-state index in [0.29, 0.717) is 17.4 Å². The van der Waals surface area contributed by atoms with Gasteiger partial charge in [0.2, 0.25) is 5.13 Å². The monoisotopic (exact) mass is 360 g/mol. The molecule has 4 aromatic rings. The molecule has 4 rings (SSSR count). The Hall–Kier alpha value is -3.25. The lowest BCUT2D eigenvalue weighted by molar-refractivity contribution is 0.101. The summed E-state index contributed by atoms with van der Waals surface area (Å²) in [4.78, 5) is 12.6. The van der Waals surface area contributed by atoms with E-state index in [1.807, 2.05) is 77.5 Å². The van der Waals surface area contributed by atoms with Crippen molar-refractivity contribution in [1.29, 1.82) is 0 Å². The third-order valence-electron chi connectivity index (χ3n) is 3.92. The lowest BCUT2D eigenvalue weighted by Gasteiger charge is -2.08. The number of nitrogens with zero attached hydrogens (tertiary/aromatic N) is 3. The maximum absolute atomic E-state index is 12.6. The molecule has 0 fully saturated rings. The van der Waals surface area contributed by atoms with E-state index in [-0.39, 0.29) is 5.91 Å². The van der Waals surface area contributed by atoms with Crippen molar-refractivity contribution in [2.45, 2.75) is 6.54 Å². The summed E-state index contributed by atoms with van der Waals surface area (Å²) in [5.41, 5.74) is 2.71. The van der Waals surface area contributed by atoms with Gasteiger partial charge in [-0.1, -0.05) is 72.0 Å². The summed E-state index contributed by atoms with van der Waals surface area (Å²) >= 11 is 1.36. The van der Waals surface area contributed by atoms with Crippen molar-refractivity contribution in [3.8, 4) is 10.6 Å². The third kappa shape index (κ3) is 3.55. The fraction of sp³-hybridized carbons (Fsp3) is 0.0500. The highest BCUT2D eigenvalue weighted by atomic mass is 32.1. The van der Waals surface area contributed by atoms with Crippen molar-refractivity contribution in [3.63, 3.8) is 0 Å². The number of hydrogen-bond acceptors (Lipinski definition) is 4. The van der Waals surface area contributed by atoms with Crippen molar-refractivity contribution in [2.75, 3.05) is 5.32 Å². The average Bonchev–Trinajstić information content (AvgIpc) is 3.33. The number of benzene rings is 2. The lowest BCUT2D eigenvalue weighted by atomic mass is 10.2. The zero-order valence-corrected chi connectivity index (χ0v) is 14.7. The third-order valence-corrected chi connectivity index (χ3v) is 4.81. The first-order valence-electron chi connectivity index (χ1n) is 8.19. The molecular formula is C20H16N4OS. The van der Waals surface area contributed by atoms with Gasteiger partial charge in [-0.3, -0.25) is 10.1 Å². The Morgan fingerprint density at radius 1 is 0.923 bits per heavy atom. The number of carbonyl (C=O) groups is 1. The molecule has 2 aromatic heterocycles. The smallest absolute Gasteiger partial charge is 0.274 e. The van der Waals surface area contributed by atoms with Gasteiger partial charge in [0.05, 0.1) is 0 Å². The maximum atomic E-state index is 12.6. The molecule has 0 aliphatic heterocycles. The van der Waals surface area contributed by atoms with Crippen LogP contribution < -0.4 is 5.32 Å². The van der Waals surface area contributed by atoms with Crippen LogP contribution in [-0.2, 0) is 6.54 Å². The second-order valence-corrected chi connectivity index (χ2v) is 6.72. The van der Waals surface area contributed by atoms with Crippen LogP contribution in [0.15, 0.2) is 79.0 Å². The van der Waals surface area contributed by atoms with Gasteiger partial charge in [-0.2, -0.15) is 0 Å². The van der Waals surface area contributed by atoms with Crippen LogP contribution in [0.25, 0.3) is 10.6 Å². The second kappa shape index (κ2) is 7.33. The normalized spacial score (nSPS) is 10.6. The summed E-state index contributed by atoms with van der Waals surface area (Å²) < 4.78 is 1.92. The molecule has 0 unspecified atom stereocenters. The Kier molecular flexibility index (Phi) is 4.57. The van der Waals surface area contributed by atoms with Crippen LogP contribution in [0.3, 0.4) is 0 Å². The molecule has 2 aromatic carbocycles. The summed E-state index contributed by atoms with van der Waals surface area (Å²) in [5.74, 6) is -0.193. The number of aromatic nitrogens is 3. The van der Waals surface area contributed by atoms with E-state index in [9.17, 15) is 4.79 Å². The number of amides is 1. The van der Waals surface area contributed by atoms with Gasteiger partial charge in [-0.15, -0.1) is 10.2 Å². The van der Waals surface area contributed by atoms with E-state index in [2.05, 4.69) is 15.5 Å². The fourth-order valence-electron chi connectivity index (χ4n) is 2.67. The molecule has 2 heterocycles. The van der Waals surface area contributed by atoms with Crippen LogP contribution in [-0.4, -0.2) is 20.7 Å². The molecule has 1 N–H and O–H groups in total. The first kappa shape index (κ1) is 16.2. The van der Waals surface area contributed by atoms with Gasteiger partial charge in [-0.05, 0) is 17.7 Å². The van der Waals surface area contributed by atoms with Crippen LogP contribution in [0.2, 0.25) is 0 Å². The lowest BCUT2D eigenvalue weighted by Crippen LogP contribution is -2.17. The fourth-order valence-corrected chi connectivity index (χ4v) is 3.41. The van der Waals surface area contributed by atoms with Gasteiger partial charge in [0.1, 0.15) is 10.7 Å². The van der Waals surface area contributed by atoms with Crippen molar-refractivity contribution in [3.05, 3.63) is 90.3 Å². The number of anilines is 1. The van der Waals surface area contributed by atoms with E-state index in [0.717, 1.165) is 16.1 Å². The van der Waals surface area contributed by atoms with Crippen molar-refractivity contribution < 1.29 is 4.79 Å². The molecule has 0 bridgehead atoms. The molecule has 128 valence electrons. The molecule has 0 saturated carbocycles. The molecule has 5 nitrogen and oxygen atoms in total. The molecule has 0 saturated heterocycles. The SMILES string of the molecule is O=C(Nc1nnc(-c2ccccc2)s1)c1cccn1Cc1ccccc1. The van der Waals surface area contributed by atoms with Gasteiger partial charge in [0, 0.05) is 18.3 Å². The van der Waals surface area contributed by atoms with Gasteiger partial charge in [0.15, 0.2) is 0 Å². The van der Waals surface area contributed by atoms with E-state index >= 15 is 0 Å². The summed E-state index contributed by atoms with van der Waals surface area (Å²) in [5, 5.41) is 12.4. The summed E-state index contributed by atoms with van der Waals surface area (Å²) in [6.07, 6.45) is 1.90. The summed E-state index contributed by atoms with van der Waals surface area (Å²) in [7, 11) is 0. The summed E-state index contributed by atoms with van der Waals surface area (Å²) in [6.45, 7) is 0.641. The minimum atomic E-state index is -0.193. The highest BCUT2D eigenvalue weighted by Crippen LogP contribution is 2.26. The van der Waals surface area contributed by atoms with Gasteiger partial charge >= 0.3 is 0 Å². The molecule has 0 atom stereocenters. The Morgan fingerprint density at radius 3 is 2.42 bits per heavy atom. The first-order chi connectivity index (χ1) is 12.8. The van der Waals surface area contributed by atoms with Crippen LogP contribution >= 0.6 is 11.3 Å². The van der Waals surface area contributed by atoms with E-state index in [4.69, 9.17) is 0 Å². The molecule has 0 radical (unpaired) electrons. The van der Waals surface area contributed by atoms with Crippen LogP contribution in [0.5, 0.6) is 0 Å². The van der Waals surface area contributed by atoms with Gasteiger partial charge in [-0.25, -0.2) is 0 Å². The van der Waals surface area contributed by atoms with E-state index < -0.39 is 0 Å². The number of hydrogen-bond donors (Lipinski definition) is 1. The average molecular weight is 360 g/mol. The topological polar surface area (TPSA) is 59.8 Å². The molecule has 6 heteroatoms. The highest BCUT2D eigenvalue weighted by Gasteiger charge is 2.14. The van der Waals surface area contributed by atoms with Crippen molar-refractivity contribution in [2.24, 2.45) is 0 Å². The molecular weight excluding hydrogens is 344 g/mol. The largest absolute Gasteiger partial charge is 0.339 e. The van der Waals surface area contributed by atoms with Crippen molar-refractivity contribution >= 4 is 22.4 Å². The van der Waals surface area contributed by atoms with Crippen LogP contribution in [0.4, 0.5) is 5.13 Å². The highest BCUT2D eigenvalue weighted by molar-refractivity contribution is 7.18. The quantitative estimate of drug-likeness (QED) is 0.577. The second-order valence-electron chi connectivity index (χ2n) is 5.74. The number of nitrogens with one attached hydrogen (secondary N) is 1.